The second kappa shape index (κ2) is 6.84. The fourth-order valence-electron chi connectivity index (χ4n) is 8.81. The highest BCUT2D eigenvalue weighted by atomic mass is 15.1. The number of nitrogens with zero attached hydrogens (tertiary/aromatic N) is 2. The van der Waals surface area contributed by atoms with E-state index in [0.717, 1.165) is 0 Å². The molecule has 41 heavy (non-hydrogen) atoms. The van der Waals surface area contributed by atoms with Gasteiger partial charge in [-0.2, -0.15) is 0 Å². The SMILES string of the molecule is Cc1c2c3n(c4ccccc4n3c1C)-c1cc(C(C)(C)C)cc3c1B2c1ccc2c4c(ccc-3c14)C(C)(C)C2(C)C. The third-order valence-corrected chi connectivity index (χ3v) is 11.9. The first-order valence-electron chi connectivity index (χ1n) is 15.3. The number of imidazole rings is 1. The summed E-state index contributed by atoms with van der Waals surface area (Å²) in [6.45, 7) is 21.7. The number of para-hydroxylation sites is 2. The molecule has 202 valence electrons. The molecule has 0 saturated heterocycles. The maximum absolute atomic E-state index is 2.59. The molecule has 2 aromatic heterocycles. The Morgan fingerprint density at radius 2 is 1.37 bits per heavy atom. The van der Waals surface area contributed by atoms with E-state index in [2.05, 4.69) is 132 Å². The van der Waals surface area contributed by atoms with Crippen molar-refractivity contribution >= 4 is 50.6 Å². The molecule has 6 aromatic rings. The molecular weight excluding hydrogens is 495 g/mol. The highest BCUT2D eigenvalue weighted by Crippen LogP contribution is 2.55. The van der Waals surface area contributed by atoms with Gasteiger partial charge < -0.3 is 0 Å². The van der Waals surface area contributed by atoms with Crippen molar-refractivity contribution in [1.82, 2.24) is 8.97 Å². The van der Waals surface area contributed by atoms with Crippen molar-refractivity contribution in [1.29, 1.82) is 0 Å². The zero-order chi connectivity index (χ0) is 28.5. The first-order chi connectivity index (χ1) is 19.4. The Kier molecular flexibility index (Phi) is 3.99. The van der Waals surface area contributed by atoms with Crippen molar-refractivity contribution in [3.05, 3.63) is 88.6 Å². The van der Waals surface area contributed by atoms with E-state index in [1.54, 1.807) is 0 Å². The number of fused-ring (bicyclic) bond motifs is 7. The second-order valence-electron chi connectivity index (χ2n) is 15.1. The van der Waals surface area contributed by atoms with Crippen LogP contribution in [-0.4, -0.2) is 15.7 Å². The quantitative estimate of drug-likeness (QED) is 0.181. The van der Waals surface area contributed by atoms with Crippen molar-refractivity contribution in [2.24, 2.45) is 0 Å². The molecular formula is C38H37BN2. The fourth-order valence-corrected chi connectivity index (χ4v) is 8.81. The van der Waals surface area contributed by atoms with Crippen LogP contribution in [0.4, 0.5) is 0 Å². The molecule has 2 nitrogen and oxygen atoms in total. The molecule has 0 unspecified atom stereocenters. The van der Waals surface area contributed by atoms with Crippen LogP contribution in [0.25, 0.3) is 44.3 Å². The zero-order valence-corrected chi connectivity index (χ0v) is 25.7. The summed E-state index contributed by atoms with van der Waals surface area (Å²) < 4.78 is 5.12. The smallest absolute Gasteiger partial charge is 0.250 e. The van der Waals surface area contributed by atoms with E-state index in [9.17, 15) is 0 Å². The van der Waals surface area contributed by atoms with E-state index in [1.165, 1.54) is 88.6 Å². The molecule has 3 heteroatoms. The van der Waals surface area contributed by atoms with Crippen molar-refractivity contribution in [2.75, 3.05) is 0 Å². The van der Waals surface area contributed by atoms with Crippen LogP contribution in [0.3, 0.4) is 0 Å². The van der Waals surface area contributed by atoms with Gasteiger partial charge in [-0.05, 0) is 103 Å². The number of hydrogen-bond donors (Lipinski definition) is 0. The summed E-state index contributed by atoms with van der Waals surface area (Å²) in [4.78, 5) is 0. The van der Waals surface area contributed by atoms with E-state index < -0.39 is 0 Å². The molecule has 0 fully saturated rings. The average molecular weight is 533 g/mol. The molecule has 0 amide bonds. The van der Waals surface area contributed by atoms with E-state index in [1.807, 2.05) is 0 Å². The maximum Gasteiger partial charge on any atom is 0.250 e. The number of aromatic nitrogens is 2. The van der Waals surface area contributed by atoms with Gasteiger partial charge in [-0.25, -0.2) is 0 Å². The topological polar surface area (TPSA) is 9.34 Å². The van der Waals surface area contributed by atoms with E-state index in [0.29, 0.717) is 0 Å². The summed E-state index contributed by atoms with van der Waals surface area (Å²) in [7, 11) is 0. The maximum atomic E-state index is 2.59. The third kappa shape index (κ3) is 2.44. The van der Waals surface area contributed by atoms with Crippen LogP contribution >= 0.6 is 0 Å². The molecule has 2 aliphatic heterocycles. The molecule has 9 rings (SSSR count). The Morgan fingerprint density at radius 3 is 2.05 bits per heavy atom. The molecule has 1 aliphatic carbocycles. The second-order valence-corrected chi connectivity index (χ2v) is 15.1. The molecule has 0 atom stereocenters. The van der Waals surface area contributed by atoms with Gasteiger partial charge in [-0.3, -0.25) is 8.97 Å². The Bertz CT molecular complexity index is 2190. The predicted octanol–water partition coefficient (Wildman–Crippen LogP) is 7.33. The number of aryl methyl sites for hydroxylation is 1. The highest BCUT2D eigenvalue weighted by molar-refractivity contribution is 7.01. The standard InChI is InChI=1S/C38H37BN2/c1-20-21(2)40-28-12-10-11-13-29(28)41-30-19-22(36(3,4)5)18-24-23-14-15-25-32-26(38(8,9)37(25,6)7)16-17-27(31(23)32)39(34(24)30)33(20)35(40)41/h10-19H,1-9H3. The molecule has 3 aliphatic rings. The Balaban J connectivity index is 1.55. The van der Waals surface area contributed by atoms with Gasteiger partial charge in [0.1, 0.15) is 5.65 Å². The third-order valence-electron chi connectivity index (χ3n) is 11.9. The first kappa shape index (κ1) is 23.9. The van der Waals surface area contributed by atoms with Crippen molar-refractivity contribution in [3.63, 3.8) is 0 Å². The normalized spacial score (nSPS) is 17.2. The summed E-state index contributed by atoms with van der Waals surface area (Å²) in [5.41, 5.74) is 20.0. The summed E-state index contributed by atoms with van der Waals surface area (Å²) in [5, 5.41) is 3.01. The summed E-state index contributed by atoms with van der Waals surface area (Å²) >= 11 is 0. The Labute approximate surface area is 243 Å². The Morgan fingerprint density at radius 1 is 0.707 bits per heavy atom. The highest BCUT2D eigenvalue weighted by Gasteiger charge is 2.50. The van der Waals surface area contributed by atoms with Gasteiger partial charge in [0.15, 0.2) is 0 Å². The average Bonchev–Trinajstić information content (AvgIpc) is 3.45. The monoisotopic (exact) mass is 532 g/mol. The van der Waals surface area contributed by atoms with Gasteiger partial charge in [0.05, 0.1) is 11.0 Å². The largest absolute Gasteiger partial charge is 0.298 e. The summed E-state index contributed by atoms with van der Waals surface area (Å²) in [6, 6.07) is 23.9. The van der Waals surface area contributed by atoms with E-state index >= 15 is 0 Å². The van der Waals surface area contributed by atoms with Gasteiger partial charge in [-0.1, -0.05) is 96.4 Å². The van der Waals surface area contributed by atoms with Gasteiger partial charge in [0.25, 0.3) is 6.71 Å². The minimum atomic E-state index is 0.0352. The van der Waals surface area contributed by atoms with Crippen LogP contribution in [0.15, 0.2) is 60.7 Å². The molecule has 0 N–H and O–H groups in total. The number of hydrogen-bond acceptors (Lipinski definition) is 0. The van der Waals surface area contributed by atoms with Gasteiger partial charge in [0.2, 0.25) is 0 Å². The summed E-state index contributed by atoms with van der Waals surface area (Å²) in [5.74, 6) is 0. The van der Waals surface area contributed by atoms with Crippen LogP contribution in [0.1, 0.15) is 76.4 Å². The van der Waals surface area contributed by atoms with Gasteiger partial charge >= 0.3 is 0 Å². The predicted molar refractivity (Wildman–Crippen MR) is 176 cm³/mol. The molecule has 4 heterocycles. The molecule has 0 spiro atoms. The number of rotatable bonds is 0. The van der Waals surface area contributed by atoms with E-state index in [-0.39, 0.29) is 23.0 Å². The van der Waals surface area contributed by atoms with Crippen LogP contribution in [-0.2, 0) is 16.2 Å². The lowest BCUT2D eigenvalue weighted by atomic mass is 9.32. The lowest BCUT2D eigenvalue weighted by Crippen LogP contribution is -2.59. The summed E-state index contributed by atoms with van der Waals surface area (Å²) in [6.07, 6.45) is 0. The van der Waals surface area contributed by atoms with Crippen molar-refractivity contribution in [3.8, 4) is 16.8 Å². The molecule has 0 radical (unpaired) electrons. The Hall–Kier alpha value is -3.72. The zero-order valence-electron chi connectivity index (χ0n) is 25.7. The molecule has 0 bridgehead atoms. The van der Waals surface area contributed by atoms with Crippen molar-refractivity contribution in [2.45, 2.75) is 78.6 Å². The van der Waals surface area contributed by atoms with Crippen LogP contribution in [0.2, 0.25) is 0 Å². The lowest BCUT2D eigenvalue weighted by Gasteiger charge is -2.37. The minimum Gasteiger partial charge on any atom is -0.298 e. The fraction of sp³-hybridized carbons (Fsp3) is 0.316. The van der Waals surface area contributed by atoms with Gasteiger partial charge in [0, 0.05) is 11.4 Å². The van der Waals surface area contributed by atoms with Crippen LogP contribution in [0, 0.1) is 13.8 Å². The van der Waals surface area contributed by atoms with Crippen LogP contribution < -0.4 is 16.4 Å². The van der Waals surface area contributed by atoms with E-state index in [4.69, 9.17) is 0 Å². The van der Waals surface area contributed by atoms with Gasteiger partial charge in [-0.15, -0.1) is 0 Å². The first-order valence-corrected chi connectivity index (χ1v) is 15.3. The number of benzene rings is 4. The molecule has 0 saturated carbocycles. The molecule has 4 aromatic carbocycles. The van der Waals surface area contributed by atoms with Crippen molar-refractivity contribution < 1.29 is 0 Å². The minimum absolute atomic E-state index is 0.0352. The lowest BCUT2D eigenvalue weighted by molar-refractivity contribution is 0.322. The van der Waals surface area contributed by atoms with Crippen LogP contribution in [0.5, 0.6) is 0 Å².